The maximum atomic E-state index is 12.1. The minimum absolute atomic E-state index is 0.245. The van der Waals surface area contributed by atoms with Gasteiger partial charge in [-0.2, -0.15) is 0 Å². The number of nitrogens with zero attached hydrogens (tertiary/aromatic N) is 3. The van der Waals surface area contributed by atoms with Crippen molar-refractivity contribution in [3.05, 3.63) is 17.2 Å². The van der Waals surface area contributed by atoms with E-state index in [-0.39, 0.29) is 11.9 Å². The Morgan fingerprint density at radius 2 is 2.05 bits per heavy atom. The molecule has 5 heteroatoms. The number of carbonyl (C=O) groups is 1. The highest BCUT2D eigenvalue weighted by atomic mass is 35.5. The van der Waals surface area contributed by atoms with Gasteiger partial charge in [-0.05, 0) is 33.1 Å². The molecule has 1 aromatic rings. The molecule has 0 N–H and O–H groups in total. The summed E-state index contributed by atoms with van der Waals surface area (Å²) in [5.41, 5.74) is 0. The van der Waals surface area contributed by atoms with E-state index in [2.05, 4.69) is 18.8 Å². The van der Waals surface area contributed by atoms with Crippen molar-refractivity contribution in [3.63, 3.8) is 0 Å². The molecule has 1 aliphatic rings. The fourth-order valence-corrected chi connectivity index (χ4v) is 2.97. The van der Waals surface area contributed by atoms with Crippen molar-refractivity contribution in [1.29, 1.82) is 0 Å². The molecule has 4 nitrogen and oxygen atoms in total. The molecule has 2 heterocycles. The monoisotopic (exact) mass is 283 g/mol. The van der Waals surface area contributed by atoms with E-state index in [4.69, 9.17) is 11.6 Å². The van der Waals surface area contributed by atoms with E-state index >= 15 is 0 Å². The van der Waals surface area contributed by atoms with Gasteiger partial charge in [0.15, 0.2) is 0 Å². The number of hydrogen-bond donors (Lipinski definition) is 0. The van der Waals surface area contributed by atoms with E-state index in [1.54, 1.807) is 6.20 Å². The molecule has 0 radical (unpaired) electrons. The number of carbonyl (C=O) groups excluding carboxylic acids is 1. The summed E-state index contributed by atoms with van der Waals surface area (Å²) in [6.07, 6.45) is 6.38. The second kappa shape index (κ2) is 6.42. The second-order valence-corrected chi connectivity index (χ2v) is 5.79. The van der Waals surface area contributed by atoms with Crippen LogP contribution in [0.1, 0.15) is 51.4 Å². The third kappa shape index (κ3) is 3.50. The average Bonchev–Trinajstić information content (AvgIpc) is 2.78. The van der Waals surface area contributed by atoms with Crippen LogP contribution in [0, 0.1) is 0 Å². The van der Waals surface area contributed by atoms with Crippen LogP contribution in [-0.4, -0.2) is 33.4 Å². The van der Waals surface area contributed by atoms with Crippen LogP contribution in [0.5, 0.6) is 0 Å². The van der Waals surface area contributed by atoms with Crippen molar-refractivity contribution < 1.29 is 4.79 Å². The molecule has 1 saturated heterocycles. The van der Waals surface area contributed by atoms with E-state index in [0.717, 1.165) is 31.8 Å². The van der Waals surface area contributed by atoms with E-state index in [0.29, 0.717) is 18.0 Å². The van der Waals surface area contributed by atoms with Crippen LogP contribution in [0.3, 0.4) is 0 Å². The number of amides is 1. The smallest absolute Gasteiger partial charge is 0.223 e. The zero-order valence-electron chi connectivity index (χ0n) is 11.7. The molecular formula is C14H22ClN3O. The Morgan fingerprint density at radius 3 is 2.68 bits per heavy atom. The zero-order chi connectivity index (χ0) is 13.8. The van der Waals surface area contributed by atoms with Gasteiger partial charge in [0.2, 0.25) is 5.91 Å². The molecule has 0 aliphatic carbocycles. The van der Waals surface area contributed by atoms with Crippen molar-refractivity contribution in [1.82, 2.24) is 14.5 Å². The Morgan fingerprint density at radius 1 is 1.37 bits per heavy atom. The molecule has 106 valence electrons. The van der Waals surface area contributed by atoms with Gasteiger partial charge in [0, 0.05) is 32.0 Å². The quantitative estimate of drug-likeness (QED) is 0.852. The molecule has 1 aromatic heterocycles. The molecule has 1 aliphatic heterocycles. The Hall–Kier alpha value is -1.03. The summed E-state index contributed by atoms with van der Waals surface area (Å²) in [5.74, 6) is 1.15. The number of hydrogen-bond acceptors (Lipinski definition) is 2. The van der Waals surface area contributed by atoms with Gasteiger partial charge in [-0.1, -0.05) is 11.6 Å². The largest absolute Gasteiger partial charge is 0.343 e. The Kier molecular flexibility index (Phi) is 4.86. The standard InChI is InChI=1S/C14H22ClN3O/c1-11(2)18-12(15)10-16-13(18)6-7-14(19)17-8-4-3-5-9-17/h10-11H,3-9H2,1-2H3. The third-order valence-corrected chi connectivity index (χ3v) is 3.90. The first-order valence-electron chi connectivity index (χ1n) is 7.09. The van der Waals surface area contributed by atoms with Crippen molar-refractivity contribution in [2.75, 3.05) is 13.1 Å². The van der Waals surface area contributed by atoms with Gasteiger partial charge >= 0.3 is 0 Å². The maximum absolute atomic E-state index is 12.1. The molecule has 0 saturated carbocycles. The summed E-state index contributed by atoms with van der Waals surface area (Å²) in [7, 11) is 0. The van der Waals surface area contributed by atoms with Gasteiger partial charge in [-0.3, -0.25) is 4.79 Å². The molecule has 0 unspecified atom stereocenters. The first-order valence-corrected chi connectivity index (χ1v) is 7.46. The Labute approximate surface area is 119 Å². The average molecular weight is 284 g/mol. The van der Waals surface area contributed by atoms with Crippen LogP contribution in [0.25, 0.3) is 0 Å². The summed E-state index contributed by atoms with van der Waals surface area (Å²) in [6.45, 7) is 5.98. The van der Waals surface area contributed by atoms with Crippen molar-refractivity contribution in [2.45, 2.75) is 52.0 Å². The SMILES string of the molecule is CC(C)n1c(Cl)cnc1CCC(=O)N1CCCCC1. The van der Waals surface area contributed by atoms with Crippen molar-refractivity contribution in [3.8, 4) is 0 Å². The van der Waals surface area contributed by atoms with Crippen LogP contribution in [0.2, 0.25) is 5.15 Å². The Balaban J connectivity index is 1.93. The molecule has 0 atom stereocenters. The predicted octanol–water partition coefficient (Wildman–Crippen LogP) is 3.06. The van der Waals surface area contributed by atoms with E-state index in [1.807, 2.05) is 9.47 Å². The number of piperidine rings is 1. The molecule has 0 spiro atoms. The lowest BCUT2D eigenvalue weighted by Gasteiger charge is -2.26. The van der Waals surface area contributed by atoms with Gasteiger partial charge in [0.1, 0.15) is 11.0 Å². The van der Waals surface area contributed by atoms with Gasteiger partial charge in [0.25, 0.3) is 0 Å². The van der Waals surface area contributed by atoms with Crippen LogP contribution >= 0.6 is 11.6 Å². The van der Waals surface area contributed by atoms with Gasteiger partial charge in [-0.25, -0.2) is 4.98 Å². The summed E-state index contributed by atoms with van der Waals surface area (Å²) < 4.78 is 1.99. The molecule has 0 aromatic carbocycles. The van der Waals surface area contributed by atoms with Crippen LogP contribution in [-0.2, 0) is 11.2 Å². The minimum atomic E-state index is 0.245. The van der Waals surface area contributed by atoms with Crippen LogP contribution in [0.4, 0.5) is 0 Å². The number of halogens is 1. The first-order chi connectivity index (χ1) is 9.09. The number of rotatable bonds is 4. The van der Waals surface area contributed by atoms with E-state index < -0.39 is 0 Å². The highest BCUT2D eigenvalue weighted by Gasteiger charge is 2.18. The molecule has 0 bridgehead atoms. The highest BCUT2D eigenvalue weighted by molar-refractivity contribution is 6.29. The van der Waals surface area contributed by atoms with Gasteiger partial charge in [-0.15, -0.1) is 0 Å². The molecule has 2 rings (SSSR count). The highest BCUT2D eigenvalue weighted by Crippen LogP contribution is 2.19. The number of likely N-dealkylation sites (tertiary alicyclic amines) is 1. The summed E-state index contributed by atoms with van der Waals surface area (Å²) in [6, 6.07) is 0.273. The maximum Gasteiger partial charge on any atom is 0.223 e. The lowest BCUT2D eigenvalue weighted by atomic mass is 10.1. The number of aryl methyl sites for hydroxylation is 1. The molecule has 19 heavy (non-hydrogen) atoms. The molecule has 1 amide bonds. The van der Waals surface area contributed by atoms with Gasteiger partial charge in [0.05, 0.1) is 6.20 Å². The zero-order valence-corrected chi connectivity index (χ0v) is 12.5. The fourth-order valence-electron chi connectivity index (χ4n) is 2.63. The topological polar surface area (TPSA) is 38.1 Å². The van der Waals surface area contributed by atoms with Crippen molar-refractivity contribution >= 4 is 17.5 Å². The number of imidazole rings is 1. The van der Waals surface area contributed by atoms with Crippen LogP contribution in [0.15, 0.2) is 6.20 Å². The minimum Gasteiger partial charge on any atom is -0.343 e. The summed E-state index contributed by atoms with van der Waals surface area (Å²) in [4.78, 5) is 18.4. The van der Waals surface area contributed by atoms with E-state index in [9.17, 15) is 4.79 Å². The summed E-state index contributed by atoms with van der Waals surface area (Å²) in [5, 5.41) is 0.649. The summed E-state index contributed by atoms with van der Waals surface area (Å²) >= 11 is 6.11. The lowest BCUT2D eigenvalue weighted by Crippen LogP contribution is -2.35. The predicted molar refractivity (Wildman–Crippen MR) is 76.4 cm³/mol. The second-order valence-electron chi connectivity index (χ2n) is 5.40. The number of aromatic nitrogens is 2. The third-order valence-electron chi connectivity index (χ3n) is 3.62. The van der Waals surface area contributed by atoms with Crippen molar-refractivity contribution in [2.24, 2.45) is 0 Å². The normalized spacial score (nSPS) is 16.1. The Bertz CT molecular complexity index is 436. The van der Waals surface area contributed by atoms with Gasteiger partial charge < -0.3 is 9.47 Å². The molecule has 1 fully saturated rings. The molecular weight excluding hydrogens is 262 g/mol. The van der Waals surface area contributed by atoms with E-state index in [1.165, 1.54) is 6.42 Å². The first kappa shape index (κ1) is 14.4. The van der Waals surface area contributed by atoms with Crippen LogP contribution < -0.4 is 0 Å². The fraction of sp³-hybridized carbons (Fsp3) is 0.714. The lowest BCUT2D eigenvalue weighted by molar-refractivity contribution is -0.132.